The first-order valence-corrected chi connectivity index (χ1v) is 9.29. The second-order valence-corrected chi connectivity index (χ2v) is 7.87. The number of hydrogen-bond donors (Lipinski definition) is 1. The summed E-state index contributed by atoms with van der Waals surface area (Å²) >= 11 is 0. The van der Waals surface area contributed by atoms with E-state index in [0.29, 0.717) is 23.9 Å². The van der Waals surface area contributed by atoms with Crippen LogP contribution in [0.25, 0.3) is 0 Å². The number of benzene rings is 1. The first-order chi connectivity index (χ1) is 10.8. The molecule has 6 nitrogen and oxygen atoms in total. The molecule has 1 aromatic heterocycles. The normalized spacial score (nSPS) is 16.5. The standard InChI is InChI=1S/C15H18FN3O3S/c1-9(11-5-6-13(12(16)7-11)23(2,20)21)17-8-14-18-15(19-22-14)10-3-4-10/h5-7,9-10,17H,3-4,8H2,1-2H3/t9-/m0/s1. The lowest BCUT2D eigenvalue weighted by atomic mass is 10.1. The molecule has 1 aliphatic carbocycles. The van der Waals surface area contributed by atoms with Crippen LogP contribution >= 0.6 is 0 Å². The first kappa shape index (κ1) is 16.1. The molecule has 1 atom stereocenters. The van der Waals surface area contributed by atoms with Crippen molar-refractivity contribution in [3.63, 3.8) is 0 Å². The number of nitrogens with zero attached hydrogens (tertiary/aromatic N) is 2. The molecule has 0 bridgehead atoms. The van der Waals surface area contributed by atoms with E-state index in [1.165, 1.54) is 12.1 Å². The Morgan fingerprint density at radius 3 is 2.78 bits per heavy atom. The van der Waals surface area contributed by atoms with E-state index in [-0.39, 0.29) is 10.9 Å². The molecule has 1 heterocycles. The van der Waals surface area contributed by atoms with E-state index >= 15 is 0 Å². The van der Waals surface area contributed by atoms with Crippen LogP contribution in [-0.2, 0) is 16.4 Å². The van der Waals surface area contributed by atoms with Gasteiger partial charge in [-0.3, -0.25) is 0 Å². The molecule has 0 saturated heterocycles. The lowest BCUT2D eigenvalue weighted by molar-refractivity contribution is 0.356. The van der Waals surface area contributed by atoms with Gasteiger partial charge >= 0.3 is 0 Å². The van der Waals surface area contributed by atoms with Gasteiger partial charge in [0.15, 0.2) is 15.7 Å². The van der Waals surface area contributed by atoms with Gasteiger partial charge < -0.3 is 9.84 Å². The van der Waals surface area contributed by atoms with Crippen LogP contribution < -0.4 is 5.32 Å². The minimum atomic E-state index is -3.56. The van der Waals surface area contributed by atoms with Gasteiger partial charge in [0.2, 0.25) is 5.89 Å². The molecule has 23 heavy (non-hydrogen) atoms. The summed E-state index contributed by atoms with van der Waals surface area (Å²) in [5.74, 6) is 0.931. The summed E-state index contributed by atoms with van der Waals surface area (Å²) in [7, 11) is -3.56. The van der Waals surface area contributed by atoms with Gasteiger partial charge in [-0.1, -0.05) is 11.2 Å². The van der Waals surface area contributed by atoms with Gasteiger partial charge in [0.05, 0.1) is 6.54 Å². The monoisotopic (exact) mass is 339 g/mol. The number of hydrogen-bond acceptors (Lipinski definition) is 6. The van der Waals surface area contributed by atoms with Crippen molar-refractivity contribution >= 4 is 9.84 Å². The maximum Gasteiger partial charge on any atom is 0.240 e. The van der Waals surface area contributed by atoms with Crippen molar-refractivity contribution in [2.75, 3.05) is 6.26 Å². The predicted octanol–water partition coefficient (Wildman–Crippen LogP) is 2.34. The van der Waals surface area contributed by atoms with E-state index in [1.54, 1.807) is 6.07 Å². The van der Waals surface area contributed by atoms with Crippen LogP contribution in [0.1, 0.15) is 49.0 Å². The highest BCUT2D eigenvalue weighted by Crippen LogP contribution is 2.38. The Bertz CT molecular complexity index is 815. The van der Waals surface area contributed by atoms with Crippen LogP contribution in [0.5, 0.6) is 0 Å². The van der Waals surface area contributed by atoms with Gasteiger partial charge in [-0.2, -0.15) is 4.98 Å². The van der Waals surface area contributed by atoms with Crippen molar-refractivity contribution in [3.8, 4) is 0 Å². The van der Waals surface area contributed by atoms with Crippen LogP contribution in [0.15, 0.2) is 27.6 Å². The molecule has 0 amide bonds. The summed E-state index contributed by atoms with van der Waals surface area (Å²) in [6.07, 6.45) is 3.20. The van der Waals surface area contributed by atoms with Gasteiger partial charge in [-0.15, -0.1) is 0 Å². The number of sulfone groups is 1. The molecule has 1 saturated carbocycles. The minimum Gasteiger partial charge on any atom is -0.338 e. The van der Waals surface area contributed by atoms with Gasteiger partial charge in [0.1, 0.15) is 10.7 Å². The Kier molecular flexibility index (Phi) is 4.20. The second-order valence-electron chi connectivity index (χ2n) is 5.89. The van der Waals surface area contributed by atoms with E-state index in [0.717, 1.165) is 24.9 Å². The Morgan fingerprint density at radius 2 is 2.17 bits per heavy atom. The fraction of sp³-hybridized carbons (Fsp3) is 0.467. The molecule has 0 unspecified atom stereocenters. The molecule has 1 aromatic carbocycles. The largest absolute Gasteiger partial charge is 0.338 e. The molecule has 1 fully saturated rings. The molecule has 2 aromatic rings. The van der Waals surface area contributed by atoms with Crippen molar-refractivity contribution in [2.24, 2.45) is 0 Å². The van der Waals surface area contributed by atoms with Gasteiger partial charge in [-0.25, -0.2) is 12.8 Å². The number of rotatable bonds is 6. The number of aromatic nitrogens is 2. The van der Waals surface area contributed by atoms with Crippen LogP contribution in [0.2, 0.25) is 0 Å². The lowest BCUT2D eigenvalue weighted by Gasteiger charge is -2.13. The summed E-state index contributed by atoms with van der Waals surface area (Å²) in [4.78, 5) is 4.02. The number of nitrogens with one attached hydrogen (secondary N) is 1. The SMILES string of the molecule is C[C@H](NCc1nc(C2CC2)no1)c1ccc(S(C)(=O)=O)c(F)c1. The van der Waals surface area contributed by atoms with Gasteiger partial charge in [0.25, 0.3) is 0 Å². The molecule has 3 rings (SSSR count). The predicted molar refractivity (Wildman–Crippen MR) is 81.0 cm³/mol. The van der Waals surface area contributed by atoms with Crippen molar-refractivity contribution in [1.29, 1.82) is 0 Å². The summed E-state index contributed by atoms with van der Waals surface area (Å²) in [5, 5.41) is 7.09. The molecular formula is C15H18FN3O3S. The quantitative estimate of drug-likeness (QED) is 0.869. The highest BCUT2D eigenvalue weighted by atomic mass is 32.2. The molecule has 0 spiro atoms. The third kappa shape index (κ3) is 3.76. The Balaban J connectivity index is 1.65. The molecule has 8 heteroatoms. The Morgan fingerprint density at radius 1 is 1.43 bits per heavy atom. The zero-order valence-electron chi connectivity index (χ0n) is 12.9. The molecule has 1 aliphatic rings. The van der Waals surface area contributed by atoms with Crippen molar-refractivity contribution in [3.05, 3.63) is 41.3 Å². The van der Waals surface area contributed by atoms with Crippen molar-refractivity contribution in [2.45, 2.75) is 43.2 Å². The average Bonchev–Trinajstić information content (AvgIpc) is 3.22. The Labute approximate surface area is 134 Å². The fourth-order valence-corrected chi connectivity index (χ4v) is 3.02. The zero-order chi connectivity index (χ0) is 16.6. The second kappa shape index (κ2) is 6.01. The van der Waals surface area contributed by atoms with E-state index in [4.69, 9.17) is 4.52 Å². The molecule has 124 valence electrons. The molecule has 1 N–H and O–H groups in total. The van der Waals surface area contributed by atoms with Crippen molar-refractivity contribution < 1.29 is 17.3 Å². The van der Waals surface area contributed by atoms with Gasteiger partial charge in [0, 0.05) is 18.2 Å². The number of halogens is 1. The zero-order valence-corrected chi connectivity index (χ0v) is 13.7. The molecule has 0 radical (unpaired) electrons. The summed E-state index contributed by atoms with van der Waals surface area (Å²) < 4.78 is 41.9. The third-order valence-corrected chi connectivity index (χ3v) is 4.97. The fourth-order valence-electron chi connectivity index (χ4n) is 2.29. The van der Waals surface area contributed by atoms with E-state index in [2.05, 4.69) is 15.5 Å². The minimum absolute atomic E-state index is 0.186. The van der Waals surface area contributed by atoms with Crippen LogP contribution in [0.4, 0.5) is 4.39 Å². The van der Waals surface area contributed by atoms with Gasteiger partial charge in [-0.05, 0) is 37.5 Å². The van der Waals surface area contributed by atoms with E-state index in [9.17, 15) is 12.8 Å². The van der Waals surface area contributed by atoms with Crippen LogP contribution in [0, 0.1) is 5.82 Å². The topological polar surface area (TPSA) is 85.1 Å². The summed E-state index contributed by atoms with van der Waals surface area (Å²) in [5.41, 5.74) is 0.650. The highest BCUT2D eigenvalue weighted by molar-refractivity contribution is 7.90. The maximum atomic E-state index is 13.9. The van der Waals surface area contributed by atoms with E-state index in [1.807, 2.05) is 6.92 Å². The maximum absolute atomic E-state index is 13.9. The average molecular weight is 339 g/mol. The van der Waals surface area contributed by atoms with Crippen molar-refractivity contribution in [1.82, 2.24) is 15.5 Å². The smallest absolute Gasteiger partial charge is 0.240 e. The first-order valence-electron chi connectivity index (χ1n) is 7.40. The summed E-state index contributed by atoms with van der Waals surface area (Å²) in [6.45, 7) is 2.23. The van der Waals surface area contributed by atoms with Crippen LogP contribution in [0.3, 0.4) is 0 Å². The summed E-state index contributed by atoms with van der Waals surface area (Å²) in [6, 6.07) is 3.93. The highest BCUT2D eigenvalue weighted by Gasteiger charge is 2.28. The van der Waals surface area contributed by atoms with Crippen LogP contribution in [-0.4, -0.2) is 24.8 Å². The lowest BCUT2D eigenvalue weighted by Crippen LogP contribution is -2.18. The Hall–Kier alpha value is -1.80. The molecule has 0 aliphatic heterocycles. The third-order valence-electron chi connectivity index (χ3n) is 3.84. The van der Waals surface area contributed by atoms with E-state index < -0.39 is 15.7 Å². The molecular weight excluding hydrogens is 321 g/mol.